The molecule has 2 rings (SSSR count). The minimum absolute atomic E-state index is 0.0971. The van der Waals surface area contributed by atoms with Crippen molar-refractivity contribution in [2.45, 2.75) is 44.7 Å². The van der Waals surface area contributed by atoms with Crippen LogP contribution in [0.15, 0.2) is 24.3 Å². The molecule has 1 aliphatic rings. The van der Waals surface area contributed by atoms with Crippen LogP contribution in [0.4, 0.5) is 5.69 Å². The number of benzene rings is 1. The molecule has 21 heavy (non-hydrogen) atoms. The number of carbonyl (C=O) groups is 1. The lowest BCUT2D eigenvalue weighted by Gasteiger charge is -2.35. The first-order chi connectivity index (χ1) is 10.1. The number of nitrogens with zero attached hydrogens (tertiary/aromatic N) is 2. The van der Waals surface area contributed by atoms with Crippen LogP contribution in [0.5, 0.6) is 0 Å². The molecule has 1 fully saturated rings. The van der Waals surface area contributed by atoms with Gasteiger partial charge in [0.25, 0.3) is 5.69 Å². The molecular formula is C15H20N2O4. The van der Waals surface area contributed by atoms with Crippen molar-refractivity contribution in [3.05, 3.63) is 39.9 Å². The van der Waals surface area contributed by atoms with Gasteiger partial charge < -0.3 is 5.11 Å². The van der Waals surface area contributed by atoms with Gasteiger partial charge in [-0.05, 0) is 31.4 Å². The highest BCUT2D eigenvalue weighted by atomic mass is 16.6. The average Bonchev–Trinajstić information content (AvgIpc) is 2.47. The maximum atomic E-state index is 10.7. The Kier molecular flexibility index (Phi) is 5.27. The van der Waals surface area contributed by atoms with Crippen LogP contribution in [0.3, 0.4) is 0 Å². The second-order valence-corrected chi connectivity index (χ2v) is 5.48. The highest BCUT2D eigenvalue weighted by molar-refractivity contribution is 5.66. The molecule has 0 radical (unpaired) electrons. The third-order valence-electron chi connectivity index (χ3n) is 3.97. The number of non-ortho nitro benzene ring substituents is 1. The lowest BCUT2D eigenvalue weighted by Crippen LogP contribution is -2.39. The number of nitro benzene ring substituents is 1. The molecule has 1 unspecified atom stereocenters. The molecule has 1 N–H and O–H groups in total. The van der Waals surface area contributed by atoms with Crippen LogP contribution < -0.4 is 0 Å². The Bertz CT molecular complexity index is 501. The molecule has 0 bridgehead atoms. The third-order valence-corrected chi connectivity index (χ3v) is 3.97. The monoisotopic (exact) mass is 292 g/mol. The molecule has 1 aromatic carbocycles. The van der Waals surface area contributed by atoms with Crippen LogP contribution in [-0.4, -0.2) is 33.5 Å². The zero-order valence-electron chi connectivity index (χ0n) is 11.9. The van der Waals surface area contributed by atoms with E-state index in [9.17, 15) is 14.9 Å². The van der Waals surface area contributed by atoms with Crippen molar-refractivity contribution in [3.63, 3.8) is 0 Å². The van der Waals surface area contributed by atoms with Gasteiger partial charge in [-0.3, -0.25) is 19.8 Å². The number of carboxylic acid groups (broad SMARTS) is 1. The van der Waals surface area contributed by atoms with Crippen molar-refractivity contribution in [1.82, 2.24) is 4.90 Å². The number of hydrogen-bond donors (Lipinski definition) is 1. The van der Waals surface area contributed by atoms with E-state index in [-0.39, 0.29) is 12.1 Å². The van der Waals surface area contributed by atoms with Gasteiger partial charge in [0.1, 0.15) is 0 Å². The summed E-state index contributed by atoms with van der Waals surface area (Å²) in [5.74, 6) is -0.754. The molecule has 1 aliphatic heterocycles. The SMILES string of the molecule is O=C(O)CCC1CCCCN1Cc1ccc([N+](=O)[O-])cc1. The lowest BCUT2D eigenvalue weighted by atomic mass is 9.97. The largest absolute Gasteiger partial charge is 0.481 e. The van der Waals surface area contributed by atoms with Crippen molar-refractivity contribution >= 4 is 11.7 Å². The van der Waals surface area contributed by atoms with Crippen LogP contribution >= 0.6 is 0 Å². The van der Waals surface area contributed by atoms with Crippen LogP contribution in [-0.2, 0) is 11.3 Å². The Hall–Kier alpha value is -1.95. The van der Waals surface area contributed by atoms with Gasteiger partial charge in [0.2, 0.25) is 0 Å². The number of piperidine rings is 1. The molecule has 6 nitrogen and oxygen atoms in total. The maximum Gasteiger partial charge on any atom is 0.303 e. The standard InChI is InChI=1S/C15H20N2O4/c18-15(19)9-8-13-3-1-2-10-16(13)11-12-4-6-14(7-5-12)17(20)21/h4-7,13H,1-3,8-11H2,(H,18,19). The van der Waals surface area contributed by atoms with E-state index in [0.29, 0.717) is 12.5 Å². The van der Waals surface area contributed by atoms with Gasteiger partial charge in [-0.2, -0.15) is 0 Å². The molecule has 0 amide bonds. The van der Waals surface area contributed by atoms with Crippen LogP contribution in [0.1, 0.15) is 37.7 Å². The van der Waals surface area contributed by atoms with Gasteiger partial charge in [-0.1, -0.05) is 18.6 Å². The Morgan fingerprint density at radius 2 is 2.05 bits per heavy atom. The van der Waals surface area contributed by atoms with Crippen molar-refractivity contribution in [1.29, 1.82) is 0 Å². The van der Waals surface area contributed by atoms with Crippen molar-refractivity contribution in [3.8, 4) is 0 Å². The van der Waals surface area contributed by atoms with Crippen molar-refractivity contribution < 1.29 is 14.8 Å². The molecule has 0 aromatic heterocycles. The number of hydrogen-bond acceptors (Lipinski definition) is 4. The van der Waals surface area contributed by atoms with Gasteiger partial charge in [0.05, 0.1) is 4.92 Å². The molecule has 0 saturated carbocycles. The first-order valence-electron chi connectivity index (χ1n) is 7.25. The van der Waals surface area contributed by atoms with E-state index < -0.39 is 10.9 Å². The second-order valence-electron chi connectivity index (χ2n) is 5.48. The summed E-state index contributed by atoms with van der Waals surface area (Å²) >= 11 is 0. The molecular weight excluding hydrogens is 272 g/mol. The lowest BCUT2D eigenvalue weighted by molar-refractivity contribution is -0.384. The predicted octanol–water partition coefficient (Wildman–Crippen LogP) is 2.81. The van der Waals surface area contributed by atoms with Crippen LogP contribution in [0.2, 0.25) is 0 Å². The normalized spacial score (nSPS) is 19.3. The fraction of sp³-hybridized carbons (Fsp3) is 0.533. The van der Waals surface area contributed by atoms with Gasteiger partial charge in [0, 0.05) is 31.1 Å². The fourth-order valence-corrected chi connectivity index (χ4v) is 2.84. The topological polar surface area (TPSA) is 83.7 Å². The number of likely N-dealkylation sites (tertiary alicyclic amines) is 1. The summed E-state index contributed by atoms with van der Waals surface area (Å²) in [6.45, 7) is 1.68. The van der Waals surface area contributed by atoms with E-state index in [0.717, 1.165) is 37.9 Å². The van der Waals surface area contributed by atoms with E-state index in [4.69, 9.17) is 5.11 Å². The van der Waals surface area contributed by atoms with E-state index in [1.54, 1.807) is 12.1 Å². The molecule has 1 atom stereocenters. The summed E-state index contributed by atoms with van der Waals surface area (Å²) in [5.41, 5.74) is 1.13. The number of carboxylic acids is 1. The summed E-state index contributed by atoms with van der Waals surface area (Å²) < 4.78 is 0. The Labute approximate surface area is 123 Å². The van der Waals surface area contributed by atoms with Gasteiger partial charge >= 0.3 is 5.97 Å². The number of nitro groups is 1. The molecule has 1 aromatic rings. The quantitative estimate of drug-likeness (QED) is 0.644. The molecule has 0 aliphatic carbocycles. The summed E-state index contributed by atoms with van der Waals surface area (Å²) in [6.07, 6.45) is 4.15. The third kappa shape index (κ3) is 4.53. The summed E-state index contributed by atoms with van der Waals surface area (Å²) in [4.78, 5) is 23.3. The average molecular weight is 292 g/mol. The summed E-state index contributed by atoms with van der Waals surface area (Å²) in [6, 6.07) is 6.89. The molecule has 1 heterocycles. The van der Waals surface area contributed by atoms with Gasteiger partial charge in [-0.25, -0.2) is 0 Å². The van der Waals surface area contributed by atoms with E-state index in [1.165, 1.54) is 12.1 Å². The minimum atomic E-state index is -0.754. The first kappa shape index (κ1) is 15.4. The zero-order valence-corrected chi connectivity index (χ0v) is 11.9. The van der Waals surface area contributed by atoms with Gasteiger partial charge in [0.15, 0.2) is 0 Å². The zero-order chi connectivity index (χ0) is 15.2. The highest BCUT2D eigenvalue weighted by Gasteiger charge is 2.23. The molecule has 114 valence electrons. The number of aliphatic carboxylic acids is 1. The Morgan fingerprint density at radius 1 is 1.33 bits per heavy atom. The van der Waals surface area contributed by atoms with E-state index >= 15 is 0 Å². The molecule has 0 spiro atoms. The summed E-state index contributed by atoms with van der Waals surface area (Å²) in [7, 11) is 0. The summed E-state index contributed by atoms with van der Waals surface area (Å²) in [5, 5.41) is 19.5. The van der Waals surface area contributed by atoms with E-state index in [2.05, 4.69) is 4.90 Å². The Morgan fingerprint density at radius 3 is 2.67 bits per heavy atom. The fourth-order valence-electron chi connectivity index (χ4n) is 2.84. The molecule has 1 saturated heterocycles. The molecule has 6 heteroatoms. The first-order valence-corrected chi connectivity index (χ1v) is 7.25. The van der Waals surface area contributed by atoms with Crippen LogP contribution in [0, 0.1) is 10.1 Å². The minimum Gasteiger partial charge on any atom is -0.481 e. The predicted molar refractivity (Wildman–Crippen MR) is 78.0 cm³/mol. The maximum absolute atomic E-state index is 10.7. The second kappa shape index (κ2) is 7.17. The van der Waals surface area contributed by atoms with Crippen molar-refractivity contribution in [2.75, 3.05) is 6.54 Å². The number of rotatable bonds is 6. The van der Waals surface area contributed by atoms with E-state index in [1.807, 2.05) is 0 Å². The Balaban J connectivity index is 1.97. The smallest absolute Gasteiger partial charge is 0.303 e. The van der Waals surface area contributed by atoms with Crippen LogP contribution in [0.25, 0.3) is 0 Å². The van der Waals surface area contributed by atoms with Crippen molar-refractivity contribution in [2.24, 2.45) is 0 Å². The highest BCUT2D eigenvalue weighted by Crippen LogP contribution is 2.23. The van der Waals surface area contributed by atoms with Gasteiger partial charge in [-0.15, -0.1) is 0 Å².